The zero-order chi connectivity index (χ0) is 14.7. The lowest BCUT2D eigenvalue weighted by molar-refractivity contribution is 0.116. The Labute approximate surface area is 123 Å². The van der Waals surface area contributed by atoms with Crippen LogP contribution in [0.1, 0.15) is 12.8 Å². The summed E-state index contributed by atoms with van der Waals surface area (Å²) in [5.74, 6) is 1.69. The number of anilines is 2. The number of rotatable bonds is 5. The van der Waals surface area contributed by atoms with Crippen molar-refractivity contribution >= 4 is 11.9 Å². The van der Waals surface area contributed by atoms with Gasteiger partial charge in [0.2, 0.25) is 17.8 Å². The summed E-state index contributed by atoms with van der Waals surface area (Å²) in [5, 5.41) is 2.96. The third-order valence-electron chi connectivity index (χ3n) is 3.41. The number of likely N-dealkylation sites (N-methyl/N-ethyl adjacent to an activating group) is 1. The summed E-state index contributed by atoms with van der Waals surface area (Å²) in [6.07, 6.45) is 7.62. The second kappa shape index (κ2) is 6.04. The summed E-state index contributed by atoms with van der Waals surface area (Å²) in [6.45, 7) is 1.62. The van der Waals surface area contributed by atoms with Gasteiger partial charge in [-0.2, -0.15) is 15.0 Å². The minimum absolute atomic E-state index is 0.251. The highest BCUT2D eigenvalue weighted by atomic mass is 16.5. The van der Waals surface area contributed by atoms with E-state index in [1.165, 1.54) is 0 Å². The topological polar surface area (TPSA) is 81.0 Å². The molecule has 21 heavy (non-hydrogen) atoms. The number of nitrogens with zero attached hydrogens (tertiary/aromatic N) is 6. The Morgan fingerprint density at radius 1 is 1.43 bits per heavy atom. The first kappa shape index (κ1) is 13.7. The van der Waals surface area contributed by atoms with Gasteiger partial charge in [-0.15, -0.1) is 0 Å². The molecular weight excluding hydrogens is 270 g/mol. The molecule has 0 aromatic carbocycles. The Balaban J connectivity index is 1.84. The van der Waals surface area contributed by atoms with Crippen LogP contribution in [0.3, 0.4) is 0 Å². The first-order chi connectivity index (χ1) is 10.3. The summed E-state index contributed by atoms with van der Waals surface area (Å²) >= 11 is 0. The zero-order valence-electron chi connectivity index (χ0n) is 12.2. The van der Waals surface area contributed by atoms with Crippen molar-refractivity contribution in [2.75, 3.05) is 37.5 Å². The zero-order valence-corrected chi connectivity index (χ0v) is 12.2. The lowest BCUT2D eigenvalue weighted by Gasteiger charge is -2.21. The average molecular weight is 289 g/mol. The van der Waals surface area contributed by atoms with E-state index < -0.39 is 0 Å². The van der Waals surface area contributed by atoms with E-state index >= 15 is 0 Å². The Kier molecular flexibility index (Phi) is 3.96. The molecule has 3 rings (SSSR count). The summed E-state index contributed by atoms with van der Waals surface area (Å²) in [7, 11) is 3.75. The predicted octanol–water partition coefficient (Wildman–Crippen LogP) is 0.714. The minimum Gasteiger partial charge on any atom is -0.376 e. The molecule has 1 N–H and O–H groups in total. The van der Waals surface area contributed by atoms with Gasteiger partial charge in [-0.3, -0.25) is 4.57 Å². The van der Waals surface area contributed by atoms with Crippen LogP contribution in [0, 0.1) is 0 Å². The van der Waals surface area contributed by atoms with E-state index in [0.717, 1.165) is 26.0 Å². The maximum Gasteiger partial charge on any atom is 0.241 e. The van der Waals surface area contributed by atoms with Gasteiger partial charge in [-0.1, -0.05) is 0 Å². The van der Waals surface area contributed by atoms with Crippen molar-refractivity contribution in [2.45, 2.75) is 18.9 Å². The SMILES string of the molecule is CNc1nc(N(C)CC2CCCO2)nc(-n2ccnc2)n1. The third kappa shape index (κ3) is 3.10. The molecule has 1 aliphatic heterocycles. The van der Waals surface area contributed by atoms with E-state index in [9.17, 15) is 0 Å². The molecular formula is C13H19N7O. The molecule has 1 saturated heterocycles. The fourth-order valence-corrected chi connectivity index (χ4v) is 2.30. The summed E-state index contributed by atoms with van der Waals surface area (Å²) in [6, 6.07) is 0. The normalized spacial score (nSPS) is 17.9. The van der Waals surface area contributed by atoms with Crippen molar-refractivity contribution in [3.8, 4) is 5.95 Å². The van der Waals surface area contributed by atoms with E-state index in [4.69, 9.17) is 4.74 Å². The van der Waals surface area contributed by atoms with Crippen LogP contribution in [0.2, 0.25) is 0 Å². The second-order valence-corrected chi connectivity index (χ2v) is 4.99. The van der Waals surface area contributed by atoms with Gasteiger partial charge >= 0.3 is 0 Å². The van der Waals surface area contributed by atoms with Crippen LogP contribution in [0.15, 0.2) is 18.7 Å². The number of hydrogen-bond acceptors (Lipinski definition) is 7. The van der Waals surface area contributed by atoms with Gasteiger partial charge in [0.1, 0.15) is 6.33 Å². The van der Waals surface area contributed by atoms with Crippen LogP contribution >= 0.6 is 0 Å². The van der Waals surface area contributed by atoms with Crippen molar-refractivity contribution in [1.82, 2.24) is 24.5 Å². The van der Waals surface area contributed by atoms with E-state index in [1.807, 2.05) is 11.9 Å². The number of imidazole rings is 1. The van der Waals surface area contributed by atoms with E-state index in [0.29, 0.717) is 17.8 Å². The quantitative estimate of drug-likeness (QED) is 0.868. The van der Waals surface area contributed by atoms with E-state index in [2.05, 4.69) is 25.3 Å². The molecule has 3 heterocycles. The van der Waals surface area contributed by atoms with Gasteiger partial charge in [-0.05, 0) is 12.8 Å². The Hall–Kier alpha value is -2.22. The number of hydrogen-bond donors (Lipinski definition) is 1. The smallest absolute Gasteiger partial charge is 0.241 e. The minimum atomic E-state index is 0.251. The summed E-state index contributed by atoms with van der Waals surface area (Å²) in [5.41, 5.74) is 0. The first-order valence-corrected chi connectivity index (χ1v) is 7.01. The number of aromatic nitrogens is 5. The van der Waals surface area contributed by atoms with Gasteiger partial charge in [-0.25, -0.2) is 4.98 Å². The molecule has 1 aliphatic rings. The fraction of sp³-hybridized carbons (Fsp3) is 0.538. The van der Waals surface area contributed by atoms with Crippen molar-refractivity contribution in [3.05, 3.63) is 18.7 Å². The maximum atomic E-state index is 5.66. The molecule has 8 heteroatoms. The second-order valence-electron chi connectivity index (χ2n) is 4.99. The van der Waals surface area contributed by atoms with Gasteiger partial charge in [0.25, 0.3) is 0 Å². The predicted molar refractivity (Wildman–Crippen MR) is 78.7 cm³/mol. The van der Waals surface area contributed by atoms with Crippen molar-refractivity contribution in [2.24, 2.45) is 0 Å². The molecule has 0 saturated carbocycles. The van der Waals surface area contributed by atoms with Gasteiger partial charge < -0.3 is 15.0 Å². The Bertz CT molecular complexity index is 580. The molecule has 2 aromatic heterocycles. The Morgan fingerprint density at radius 3 is 3.00 bits per heavy atom. The van der Waals surface area contributed by atoms with Crippen molar-refractivity contribution in [3.63, 3.8) is 0 Å². The van der Waals surface area contributed by atoms with E-state index in [1.54, 1.807) is 30.3 Å². The standard InChI is InChI=1S/C13H19N7O/c1-14-11-16-12(19(2)8-10-4-3-7-21-10)18-13(17-11)20-6-5-15-9-20/h5-6,9-10H,3-4,7-8H2,1-2H3,(H,14,16,17,18). The molecule has 0 bridgehead atoms. The lowest BCUT2D eigenvalue weighted by atomic mass is 10.2. The third-order valence-corrected chi connectivity index (χ3v) is 3.41. The molecule has 112 valence electrons. The highest BCUT2D eigenvalue weighted by Gasteiger charge is 2.19. The maximum absolute atomic E-state index is 5.66. The largest absolute Gasteiger partial charge is 0.376 e. The molecule has 1 unspecified atom stereocenters. The monoisotopic (exact) mass is 289 g/mol. The van der Waals surface area contributed by atoms with Crippen LogP contribution in [-0.2, 0) is 4.74 Å². The van der Waals surface area contributed by atoms with Crippen molar-refractivity contribution < 1.29 is 4.74 Å². The van der Waals surface area contributed by atoms with E-state index in [-0.39, 0.29) is 6.10 Å². The number of ether oxygens (including phenoxy) is 1. The van der Waals surface area contributed by atoms with Gasteiger partial charge in [0, 0.05) is 39.6 Å². The van der Waals surface area contributed by atoms with Crippen LogP contribution in [0.5, 0.6) is 0 Å². The first-order valence-electron chi connectivity index (χ1n) is 7.01. The molecule has 1 fully saturated rings. The molecule has 0 radical (unpaired) electrons. The Morgan fingerprint density at radius 2 is 2.33 bits per heavy atom. The molecule has 8 nitrogen and oxygen atoms in total. The molecule has 0 spiro atoms. The highest BCUT2D eigenvalue weighted by Crippen LogP contribution is 2.17. The van der Waals surface area contributed by atoms with Crippen molar-refractivity contribution in [1.29, 1.82) is 0 Å². The molecule has 1 atom stereocenters. The average Bonchev–Trinajstić information content (AvgIpc) is 3.20. The number of nitrogens with one attached hydrogen (secondary N) is 1. The van der Waals surface area contributed by atoms with Crippen LogP contribution < -0.4 is 10.2 Å². The fourth-order valence-electron chi connectivity index (χ4n) is 2.30. The summed E-state index contributed by atoms with van der Waals surface area (Å²) < 4.78 is 7.42. The summed E-state index contributed by atoms with van der Waals surface area (Å²) in [4.78, 5) is 19.3. The lowest BCUT2D eigenvalue weighted by Crippen LogP contribution is -2.30. The molecule has 2 aromatic rings. The van der Waals surface area contributed by atoms with Gasteiger partial charge in [0.15, 0.2) is 0 Å². The van der Waals surface area contributed by atoms with Crippen LogP contribution in [0.4, 0.5) is 11.9 Å². The van der Waals surface area contributed by atoms with Crippen LogP contribution in [-0.4, -0.2) is 57.9 Å². The highest BCUT2D eigenvalue weighted by molar-refractivity contribution is 5.39. The molecule has 0 amide bonds. The van der Waals surface area contributed by atoms with Gasteiger partial charge in [0.05, 0.1) is 6.10 Å². The van der Waals surface area contributed by atoms with Crippen LogP contribution in [0.25, 0.3) is 5.95 Å². The molecule has 0 aliphatic carbocycles.